The Balaban J connectivity index is 2.34. The Morgan fingerprint density at radius 2 is 2.25 bits per heavy atom. The fourth-order valence-electron chi connectivity index (χ4n) is 1.95. The first-order valence-corrected chi connectivity index (χ1v) is 5.89. The average molecular weight is 226 g/mol. The number of nitrogens with one attached hydrogen (secondary N) is 1. The zero-order chi connectivity index (χ0) is 12.0. The fourth-order valence-corrected chi connectivity index (χ4v) is 1.95. The normalized spacial score (nSPS) is 21.1. The summed E-state index contributed by atoms with van der Waals surface area (Å²) in [5.74, 6) is 0.424. The summed E-state index contributed by atoms with van der Waals surface area (Å²) in [4.78, 5) is 11.7. The largest absolute Gasteiger partial charge is 0.381 e. The van der Waals surface area contributed by atoms with Gasteiger partial charge in [-0.05, 0) is 32.1 Å². The number of amides is 1. The minimum atomic E-state index is -0.472. The average Bonchev–Trinajstić information content (AvgIpc) is 2.30. The van der Waals surface area contributed by atoms with Crippen LogP contribution in [0.5, 0.6) is 0 Å². The van der Waals surface area contributed by atoms with E-state index in [9.17, 15) is 4.79 Å². The van der Waals surface area contributed by atoms with Crippen molar-refractivity contribution in [2.75, 3.05) is 13.2 Å². The highest BCUT2D eigenvalue weighted by Gasteiger charge is 2.23. The molecular weight excluding hydrogens is 204 g/mol. The van der Waals surface area contributed by atoms with Crippen molar-refractivity contribution in [3.63, 3.8) is 0 Å². The number of carbonyl (C=O) groups excluding carboxylic acids is 1. The monoisotopic (exact) mass is 226 g/mol. The molecule has 0 aliphatic carbocycles. The Morgan fingerprint density at radius 1 is 1.62 bits per heavy atom. The maximum Gasteiger partial charge on any atom is 0.237 e. The standard InChI is InChI=1S/C12H22N2O2/c1-3-4-11(13)12(15)14-9(2)10-5-7-16-8-6-10/h3,9-11H,1,4-8,13H2,2H3,(H,14,15). The molecule has 1 amide bonds. The zero-order valence-corrected chi connectivity index (χ0v) is 9.95. The van der Waals surface area contributed by atoms with Crippen LogP contribution in [-0.4, -0.2) is 31.2 Å². The molecule has 1 rings (SSSR count). The van der Waals surface area contributed by atoms with Crippen molar-refractivity contribution < 1.29 is 9.53 Å². The smallest absolute Gasteiger partial charge is 0.237 e. The Kier molecular flexibility index (Phi) is 5.49. The van der Waals surface area contributed by atoms with Gasteiger partial charge in [0.2, 0.25) is 5.91 Å². The second-order valence-electron chi connectivity index (χ2n) is 4.38. The molecule has 16 heavy (non-hydrogen) atoms. The van der Waals surface area contributed by atoms with Crippen LogP contribution < -0.4 is 11.1 Å². The van der Waals surface area contributed by atoms with Crippen molar-refractivity contribution in [3.8, 4) is 0 Å². The molecule has 1 aliphatic rings. The van der Waals surface area contributed by atoms with Crippen molar-refractivity contribution in [1.82, 2.24) is 5.32 Å². The fraction of sp³-hybridized carbons (Fsp3) is 0.750. The van der Waals surface area contributed by atoms with Gasteiger partial charge in [-0.2, -0.15) is 0 Å². The summed E-state index contributed by atoms with van der Waals surface area (Å²) >= 11 is 0. The molecule has 1 saturated heterocycles. The molecule has 1 heterocycles. The number of nitrogens with two attached hydrogens (primary N) is 1. The molecule has 0 saturated carbocycles. The molecule has 3 N–H and O–H groups in total. The first-order chi connectivity index (χ1) is 7.65. The minimum absolute atomic E-state index is 0.0844. The summed E-state index contributed by atoms with van der Waals surface area (Å²) in [6.45, 7) is 7.20. The van der Waals surface area contributed by atoms with Crippen LogP contribution in [0.3, 0.4) is 0 Å². The van der Waals surface area contributed by atoms with Gasteiger partial charge >= 0.3 is 0 Å². The van der Waals surface area contributed by atoms with E-state index in [-0.39, 0.29) is 11.9 Å². The third-order valence-electron chi connectivity index (χ3n) is 3.10. The van der Waals surface area contributed by atoms with Gasteiger partial charge in [0.1, 0.15) is 0 Å². The summed E-state index contributed by atoms with van der Waals surface area (Å²) in [5.41, 5.74) is 5.70. The van der Waals surface area contributed by atoms with E-state index >= 15 is 0 Å². The van der Waals surface area contributed by atoms with Crippen molar-refractivity contribution >= 4 is 5.91 Å². The molecule has 1 aliphatic heterocycles. The third kappa shape index (κ3) is 3.94. The molecular formula is C12H22N2O2. The molecule has 4 nitrogen and oxygen atoms in total. The van der Waals surface area contributed by atoms with Crippen molar-refractivity contribution in [2.45, 2.75) is 38.3 Å². The van der Waals surface area contributed by atoms with Crippen LogP contribution in [-0.2, 0) is 9.53 Å². The second kappa shape index (κ2) is 6.66. The molecule has 4 heteroatoms. The molecule has 92 valence electrons. The first kappa shape index (κ1) is 13.2. The Labute approximate surface area is 97.2 Å². The van der Waals surface area contributed by atoms with E-state index in [0.717, 1.165) is 26.1 Å². The topological polar surface area (TPSA) is 64.4 Å². The second-order valence-corrected chi connectivity index (χ2v) is 4.38. The van der Waals surface area contributed by atoms with E-state index in [4.69, 9.17) is 10.5 Å². The highest BCUT2D eigenvalue weighted by Crippen LogP contribution is 2.18. The Hall–Kier alpha value is -0.870. The van der Waals surface area contributed by atoms with Gasteiger partial charge in [0.25, 0.3) is 0 Å². The van der Waals surface area contributed by atoms with Gasteiger partial charge in [0, 0.05) is 19.3 Å². The highest BCUT2D eigenvalue weighted by atomic mass is 16.5. The molecule has 0 spiro atoms. The van der Waals surface area contributed by atoms with Gasteiger partial charge in [-0.3, -0.25) is 4.79 Å². The molecule has 2 atom stereocenters. The number of hydrogen-bond donors (Lipinski definition) is 2. The SMILES string of the molecule is C=CCC(N)C(=O)NC(C)C1CCOCC1. The summed E-state index contributed by atoms with van der Waals surface area (Å²) in [7, 11) is 0. The van der Waals surface area contributed by atoms with E-state index in [0.29, 0.717) is 12.3 Å². The third-order valence-corrected chi connectivity index (χ3v) is 3.10. The van der Waals surface area contributed by atoms with Gasteiger partial charge in [-0.25, -0.2) is 0 Å². The molecule has 1 fully saturated rings. The lowest BCUT2D eigenvalue weighted by molar-refractivity contribution is -0.123. The summed E-state index contributed by atoms with van der Waals surface area (Å²) in [6, 6.07) is -0.299. The Morgan fingerprint density at radius 3 is 2.81 bits per heavy atom. The van der Waals surface area contributed by atoms with Crippen LogP contribution in [0.25, 0.3) is 0 Å². The zero-order valence-electron chi connectivity index (χ0n) is 9.95. The number of hydrogen-bond acceptors (Lipinski definition) is 3. The first-order valence-electron chi connectivity index (χ1n) is 5.89. The summed E-state index contributed by atoms with van der Waals surface area (Å²) in [5, 5.41) is 2.97. The quantitative estimate of drug-likeness (QED) is 0.682. The van der Waals surface area contributed by atoms with Crippen LogP contribution in [0.2, 0.25) is 0 Å². The molecule has 0 radical (unpaired) electrons. The van der Waals surface area contributed by atoms with Gasteiger partial charge in [-0.15, -0.1) is 6.58 Å². The minimum Gasteiger partial charge on any atom is -0.381 e. The maximum atomic E-state index is 11.7. The van der Waals surface area contributed by atoms with Gasteiger partial charge in [0.15, 0.2) is 0 Å². The van der Waals surface area contributed by atoms with Crippen LogP contribution in [0, 0.1) is 5.92 Å². The van der Waals surface area contributed by atoms with E-state index in [1.807, 2.05) is 6.92 Å². The molecule has 0 bridgehead atoms. The summed E-state index contributed by atoms with van der Waals surface area (Å²) < 4.78 is 5.29. The number of rotatable bonds is 5. The molecule has 2 unspecified atom stereocenters. The van der Waals surface area contributed by atoms with E-state index < -0.39 is 6.04 Å². The van der Waals surface area contributed by atoms with E-state index in [2.05, 4.69) is 11.9 Å². The lowest BCUT2D eigenvalue weighted by Gasteiger charge is -2.29. The van der Waals surface area contributed by atoms with E-state index in [1.54, 1.807) is 6.08 Å². The Bertz CT molecular complexity index is 237. The molecule has 0 aromatic heterocycles. The predicted molar refractivity (Wildman–Crippen MR) is 63.9 cm³/mol. The van der Waals surface area contributed by atoms with Crippen molar-refractivity contribution in [1.29, 1.82) is 0 Å². The van der Waals surface area contributed by atoms with Gasteiger partial charge in [-0.1, -0.05) is 6.08 Å². The lowest BCUT2D eigenvalue weighted by atomic mass is 9.92. The van der Waals surface area contributed by atoms with Gasteiger partial charge < -0.3 is 15.8 Å². The van der Waals surface area contributed by atoms with Gasteiger partial charge in [0.05, 0.1) is 6.04 Å². The van der Waals surface area contributed by atoms with Crippen LogP contribution in [0.15, 0.2) is 12.7 Å². The van der Waals surface area contributed by atoms with Crippen LogP contribution in [0.1, 0.15) is 26.2 Å². The van der Waals surface area contributed by atoms with Crippen molar-refractivity contribution in [2.24, 2.45) is 11.7 Å². The maximum absolute atomic E-state index is 11.7. The molecule has 0 aromatic rings. The van der Waals surface area contributed by atoms with Crippen molar-refractivity contribution in [3.05, 3.63) is 12.7 Å². The summed E-state index contributed by atoms with van der Waals surface area (Å²) in [6.07, 6.45) is 4.21. The van der Waals surface area contributed by atoms with E-state index in [1.165, 1.54) is 0 Å². The number of carbonyl (C=O) groups is 1. The lowest BCUT2D eigenvalue weighted by Crippen LogP contribution is -2.47. The molecule has 0 aromatic carbocycles. The van der Waals surface area contributed by atoms with Crippen LogP contribution >= 0.6 is 0 Å². The predicted octanol–water partition coefficient (Wildman–Crippen LogP) is 0.821. The van der Waals surface area contributed by atoms with Crippen LogP contribution in [0.4, 0.5) is 0 Å². The number of ether oxygens (including phenoxy) is 1. The highest BCUT2D eigenvalue weighted by molar-refractivity contribution is 5.81.